The van der Waals surface area contributed by atoms with Crippen molar-refractivity contribution in [3.8, 4) is 0 Å². The summed E-state index contributed by atoms with van der Waals surface area (Å²) in [5.41, 5.74) is 1.26. The van der Waals surface area contributed by atoms with Gasteiger partial charge in [0, 0.05) is 33.7 Å². The van der Waals surface area contributed by atoms with Crippen LogP contribution in [0.4, 0.5) is 0 Å². The number of nitrogens with zero attached hydrogens (tertiary/aromatic N) is 3. The van der Waals surface area contributed by atoms with Crippen LogP contribution in [0.3, 0.4) is 0 Å². The highest BCUT2D eigenvalue weighted by Crippen LogP contribution is 2.18. The molecule has 0 spiro atoms. The first-order valence-electron chi connectivity index (χ1n) is 8.58. The van der Waals surface area contributed by atoms with Gasteiger partial charge in [-0.1, -0.05) is 42.1 Å². The van der Waals surface area contributed by atoms with Crippen LogP contribution in [0.25, 0.3) is 0 Å². The van der Waals surface area contributed by atoms with E-state index in [9.17, 15) is 4.79 Å². The number of methoxy groups -OCH3 is 2. The predicted octanol–water partition coefficient (Wildman–Crippen LogP) is 1.56. The van der Waals surface area contributed by atoms with Gasteiger partial charge in [-0.15, -0.1) is 10.2 Å². The highest BCUT2D eigenvalue weighted by Gasteiger charge is 2.14. The van der Waals surface area contributed by atoms with Crippen LogP contribution in [0.5, 0.6) is 0 Å². The van der Waals surface area contributed by atoms with Crippen molar-refractivity contribution in [2.75, 3.05) is 39.7 Å². The summed E-state index contributed by atoms with van der Waals surface area (Å²) in [6.07, 6.45) is 1.69. The van der Waals surface area contributed by atoms with Gasteiger partial charge in [0.15, 0.2) is 5.16 Å². The first-order chi connectivity index (χ1) is 12.7. The maximum Gasteiger partial charge on any atom is 0.230 e. The minimum absolute atomic E-state index is 0.0424. The van der Waals surface area contributed by atoms with Crippen LogP contribution in [0.1, 0.15) is 11.4 Å². The van der Waals surface area contributed by atoms with E-state index < -0.39 is 0 Å². The first kappa shape index (κ1) is 20.4. The van der Waals surface area contributed by atoms with E-state index in [0.29, 0.717) is 32.1 Å². The largest absolute Gasteiger partial charge is 0.383 e. The van der Waals surface area contributed by atoms with Crippen molar-refractivity contribution >= 4 is 17.7 Å². The van der Waals surface area contributed by atoms with Gasteiger partial charge in [-0.2, -0.15) is 0 Å². The van der Waals surface area contributed by atoms with Crippen LogP contribution in [0, 0.1) is 0 Å². The van der Waals surface area contributed by atoms with Gasteiger partial charge in [0.05, 0.1) is 19.0 Å². The fourth-order valence-electron chi connectivity index (χ4n) is 2.39. The molecule has 0 saturated carbocycles. The molecule has 0 aliphatic carbocycles. The molecule has 2 aromatic rings. The van der Waals surface area contributed by atoms with E-state index in [-0.39, 0.29) is 5.91 Å². The van der Waals surface area contributed by atoms with Crippen LogP contribution in [-0.4, -0.2) is 60.4 Å². The zero-order valence-electron chi connectivity index (χ0n) is 15.3. The van der Waals surface area contributed by atoms with Gasteiger partial charge in [-0.25, -0.2) is 0 Å². The van der Waals surface area contributed by atoms with Crippen molar-refractivity contribution in [2.45, 2.75) is 24.5 Å². The third kappa shape index (κ3) is 6.78. The van der Waals surface area contributed by atoms with Crippen LogP contribution < -0.4 is 5.32 Å². The van der Waals surface area contributed by atoms with E-state index in [1.165, 1.54) is 17.3 Å². The van der Waals surface area contributed by atoms with Crippen molar-refractivity contribution in [1.29, 1.82) is 0 Å². The molecule has 0 aliphatic heterocycles. The number of amides is 1. The van der Waals surface area contributed by atoms with E-state index in [1.807, 2.05) is 22.8 Å². The Morgan fingerprint density at radius 3 is 2.62 bits per heavy atom. The summed E-state index contributed by atoms with van der Waals surface area (Å²) in [5.74, 6) is 1.17. The molecule has 26 heavy (non-hydrogen) atoms. The number of carbonyl (C=O) groups excluding carboxylic acids is 1. The maximum atomic E-state index is 11.9. The zero-order valence-corrected chi connectivity index (χ0v) is 16.1. The molecule has 0 unspecified atom stereocenters. The highest BCUT2D eigenvalue weighted by molar-refractivity contribution is 7.99. The number of benzene rings is 1. The Labute approximate surface area is 158 Å². The smallest absolute Gasteiger partial charge is 0.230 e. The van der Waals surface area contributed by atoms with E-state index in [1.54, 1.807) is 14.2 Å². The van der Waals surface area contributed by atoms with Crippen LogP contribution in [0.2, 0.25) is 0 Å². The molecule has 0 saturated heterocycles. The number of carbonyl (C=O) groups is 1. The predicted molar refractivity (Wildman–Crippen MR) is 101 cm³/mol. The number of aromatic nitrogens is 3. The Kier molecular flexibility index (Phi) is 9.16. The molecule has 0 bridgehead atoms. The quantitative estimate of drug-likeness (QED) is 0.446. The fourth-order valence-corrected chi connectivity index (χ4v) is 3.21. The molecule has 1 aromatic heterocycles. The van der Waals surface area contributed by atoms with Crippen LogP contribution in [-0.2, 0) is 33.7 Å². The van der Waals surface area contributed by atoms with Crippen molar-refractivity contribution in [3.63, 3.8) is 0 Å². The standard InChI is InChI=1S/C18H26N4O3S/c1-24-12-10-19-17(23)14-26-18-21-20-16(22(18)11-13-25-2)9-8-15-6-4-3-5-7-15/h3-7H,8-14H2,1-2H3,(H,19,23). The van der Waals surface area contributed by atoms with Crippen LogP contribution >= 0.6 is 11.8 Å². The summed E-state index contributed by atoms with van der Waals surface area (Å²) < 4.78 is 12.2. The lowest BCUT2D eigenvalue weighted by Gasteiger charge is -2.10. The van der Waals surface area contributed by atoms with Crippen molar-refractivity contribution in [2.24, 2.45) is 0 Å². The monoisotopic (exact) mass is 378 g/mol. The van der Waals surface area contributed by atoms with Gasteiger partial charge in [0.2, 0.25) is 5.91 Å². The third-order valence-corrected chi connectivity index (χ3v) is 4.72. The average molecular weight is 378 g/mol. The summed E-state index contributed by atoms with van der Waals surface area (Å²) >= 11 is 1.39. The summed E-state index contributed by atoms with van der Waals surface area (Å²) in [5, 5.41) is 12.1. The van der Waals surface area contributed by atoms with Crippen molar-refractivity contribution in [3.05, 3.63) is 41.7 Å². The van der Waals surface area contributed by atoms with Gasteiger partial charge in [-0.3, -0.25) is 4.79 Å². The SMILES string of the molecule is COCCNC(=O)CSc1nnc(CCc2ccccc2)n1CCOC. The molecule has 7 nitrogen and oxygen atoms in total. The second-order valence-electron chi connectivity index (χ2n) is 5.66. The molecule has 2 rings (SSSR count). The molecule has 142 valence electrons. The summed E-state index contributed by atoms with van der Waals surface area (Å²) in [6.45, 7) is 2.25. The number of aryl methyl sites for hydroxylation is 2. The Morgan fingerprint density at radius 2 is 1.88 bits per heavy atom. The fraction of sp³-hybridized carbons (Fsp3) is 0.500. The van der Waals surface area contributed by atoms with Crippen LogP contribution in [0.15, 0.2) is 35.5 Å². The van der Waals surface area contributed by atoms with Gasteiger partial charge >= 0.3 is 0 Å². The Bertz CT molecular complexity index is 664. The molecule has 1 aromatic carbocycles. The Hall–Kier alpha value is -1.90. The molecule has 8 heteroatoms. The molecule has 1 amide bonds. The van der Waals surface area contributed by atoms with Gasteiger partial charge in [-0.05, 0) is 12.0 Å². The molecular weight excluding hydrogens is 352 g/mol. The number of hydrogen-bond donors (Lipinski definition) is 1. The second kappa shape index (κ2) is 11.7. The summed E-state index contributed by atoms with van der Waals surface area (Å²) in [4.78, 5) is 11.9. The van der Waals surface area contributed by atoms with Crippen molar-refractivity contribution < 1.29 is 14.3 Å². The number of ether oxygens (including phenoxy) is 2. The summed E-state index contributed by atoms with van der Waals surface area (Å²) in [6, 6.07) is 10.3. The molecular formula is C18H26N4O3S. The van der Waals surface area contributed by atoms with Crippen molar-refractivity contribution in [1.82, 2.24) is 20.1 Å². The summed E-state index contributed by atoms with van der Waals surface area (Å²) in [7, 11) is 3.28. The lowest BCUT2D eigenvalue weighted by molar-refractivity contribution is -0.118. The lowest BCUT2D eigenvalue weighted by Crippen LogP contribution is -2.28. The minimum Gasteiger partial charge on any atom is -0.383 e. The Balaban J connectivity index is 1.95. The molecule has 0 fully saturated rings. The topological polar surface area (TPSA) is 78.3 Å². The zero-order chi connectivity index (χ0) is 18.6. The molecule has 0 radical (unpaired) electrons. The Morgan fingerprint density at radius 1 is 1.12 bits per heavy atom. The molecule has 1 heterocycles. The minimum atomic E-state index is -0.0424. The maximum absolute atomic E-state index is 11.9. The third-order valence-electron chi connectivity index (χ3n) is 3.75. The van der Waals surface area contributed by atoms with E-state index in [0.717, 1.165) is 23.8 Å². The molecule has 0 aliphatic rings. The average Bonchev–Trinajstić information content (AvgIpc) is 3.05. The van der Waals surface area contributed by atoms with Gasteiger partial charge in [0.1, 0.15) is 5.82 Å². The van der Waals surface area contributed by atoms with E-state index >= 15 is 0 Å². The normalized spacial score (nSPS) is 10.8. The number of rotatable bonds is 12. The lowest BCUT2D eigenvalue weighted by atomic mass is 10.1. The first-order valence-corrected chi connectivity index (χ1v) is 9.56. The van der Waals surface area contributed by atoms with Gasteiger partial charge < -0.3 is 19.4 Å². The van der Waals surface area contributed by atoms with E-state index in [2.05, 4.69) is 27.6 Å². The highest BCUT2D eigenvalue weighted by atomic mass is 32.2. The number of hydrogen-bond acceptors (Lipinski definition) is 6. The van der Waals surface area contributed by atoms with E-state index in [4.69, 9.17) is 9.47 Å². The second-order valence-corrected chi connectivity index (χ2v) is 6.60. The molecule has 1 N–H and O–H groups in total. The molecule has 0 atom stereocenters. The number of thioether (sulfide) groups is 1. The number of nitrogens with one attached hydrogen (secondary N) is 1. The van der Waals surface area contributed by atoms with Gasteiger partial charge in [0.25, 0.3) is 0 Å².